The monoisotopic (exact) mass is 317 g/mol. The second-order valence-electron chi connectivity index (χ2n) is 5.84. The van der Waals surface area contributed by atoms with Gasteiger partial charge in [0.2, 0.25) is 0 Å². The molecule has 6 nitrogen and oxygen atoms in total. The normalized spacial score (nSPS) is 21.6. The summed E-state index contributed by atoms with van der Waals surface area (Å²) in [6, 6.07) is 0. The van der Waals surface area contributed by atoms with Crippen LogP contribution in [0.15, 0.2) is 0 Å². The van der Waals surface area contributed by atoms with Crippen molar-refractivity contribution in [2.24, 2.45) is 0 Å². The van der Waals surface area contributed by atoms with Gasteiger partial charge in [-0.25, -0.2) is 0 Å². The Labute approximate surface area is 151 Å². The summed E-state index contributed by atoms with van der Waals surface area (Å²) in [5, 5.41) is 0. The molecule has 0 atom stereocenters. The maximum atomic E-state index is 10.4. The first-order valence-corrected chi connectivity index (χ1v) is 7.89. The summed E-state index contributed by atoms with van der Waals surface area (Å²) in [6.45, 7) is 3.35. The van der Waals surface area contributed by atoms with E-state index < -0.39 is 25.2 Å². The molecular weight excluding hydrogens is 293 g/mol. The summed E-state index contributed by atoms with van der Waals surface area (Å²) in [6.07, 6.45) is 9.00. The Kier molecular flexibility index (Phi) is 11.2. The molecule has 0 spiro atoms. The Bertz CT molecular complexity index is 349. The molecule has 2 rings (SSSR count). The van der Waals surface area contributed by atoms with E-state index in [9.17, 15) is 14.4 Å². The van der Waals surface area contributed by atoms with Gasteiger partial charge in [-0.2, -0.15) is 0 Å². The number of hydrogen-bond acceptors (Lipinski definition) is 6. The molecule has 0 N–H and O–H groups in total. The molecule has 2 fully saturated rings. The third-order valence-corrected chi connectivity index (χ3v) is 3.81. The summed E-state index contributed by atoms with van der Waals surface area (Å²) in [7, 11) is 0.208. The van der Waals surface area contributed by atoms with Gasteiger partial charge in [-0.15, -0.1) is 0 Å². The van der Waals surface area contributed by atoms with Gasteiger partial charge in [0.15, 0.2) is 0 Å². The van der Waals surface area contributed by atoms with E-state index in [2.05, 4.69) is 21.2 Å². The van der Waals surface area contributed by atoms with Gasteiger partial charge in [0.1, 0.15) is 7.28 Å². The van der Waals surface area contributed by atoms with Crippen molar-refractivity contribution < 1.29 is 47.2 Å². The summed E-state index contributed by atoms with van der Waals surface area (Å²) in [5.41, 5.74) is 0. The average molecular weight is 317 g/mol. The minimum atomic E-state index is -2.41. The van der Waals surface area contributed by atoms with Crippen molar-refractivity contribution in [3.8, 4) is 0 Å². The maximum absolute atomic E-state index is 10.4. The first-order valence-electron chi connectivity index (χ1n) is 7.89. The third kappa shape index (κ3) is 10.5. The van der Waals surface area contributed by atoms with Crippen LogP contribution in [0.3, 0.4) is 0 Å². The molecular formula is C14H24B2LiO6. The van der Waals surface area contributed by atoms with Crippen LogP contribution in [0.5, 0.6) is 0 Å². The number of carbonyl (C=O) groups excluding carboxylic acids is 3. The Balaban J connectivity index is 0.000000421. The Morgan fingerprint density at radius 1 is 0.783 bits per heavy atom. The van der Waals surface area contributed by atoms with Crippen LogP contribution < -0.4 is 18.9 Å². The molecule has 9 heteroatoms. The molecule has 0 aliphatic carbocycles. The fraction of sp³-hybridized carbons (Fsp3) is 0.786. The Morgan fingerprint density at radius 3 is 1.30 bits per heavy atom. The molecule has 123 valence electrons. The van der Waals surface area contributed by atoms with Gasteiger partial charge >= 0.3 is 26.2 Å². The zero-order valence-electron chi connectivity index (χ0n) is 14.6. The van der Waals surface area contributed by atoms with E-state index >= 15 is 0 Å². The van der Waals surface area contributed by atoms with E-state index in [1.54, 1.807) is 0 Å². The van der Waals surface area contributed by atoms with Crippen LogP contribution >= 0.6 is 0 Å². The molecule has 0 aromatic rings. The zero-order valence-corrected chi connectivity index (χ0v) is 14.6. The molecule has 0 amide bonds. The summed E-state index contributed by atoms with van der Waals surface area (Å²) in [4.78, 5) is 31.3. The fourth-order valence-electron chi connectivity index (χ4n) is 2.93. The second-order valence-corrected chi connectivity index (χ2v) is 5.84. The SMILES string of the molecule is CC(=O)O[BH-](OC(C)=O)OC(C)=O.[B]1C2CCCC1CCC2.[Li+]. The second kappa shape index (κ2) is 11.6. The molecule has 0 saturated carbocycles. The van der Waals surface area contributed by atoms with E-state index in [0.29, 0.717) is 0 Å². The first-order chi connectivity index (χ1) is 10.4. The Hall–Kier alpha value is -0.863. The predicted molar refractivity (Wildman–Crippen MR) is 83.4 cm³/mol. The van der Waals surface area contributed by atoms with Gasteiger partial charge in [-0.3, -0.25) is 14.4 Å². The molecule has 2 aliphatic rings. The van der Waals surface area contributed by atoms with E-state index in [0.717, 1.165) is 32.4 Å². The predicted octanol–water partition coefficient (Wildman–Crippen LogP) is -0.968. The zero-order chi connectivity index (χ0) is 16.5. The maximum Gasteiger partial charge on any atom is 1.00 e. The molecule has 2 saturated heterocycles. The smallest absolute Gasteiger partial charge is 0.625 e. The van der Waals surface area contributed by atoms with Crippen molar-refractivity contribution in [3.63, 3.8) is 0 Å². The molecule has 2 aliphatic heterocycles. The van der Waals surface area contributed by atoms with E-state index in [4.69, 9.17) is 0 Å². The number of hydrogen-bond donors (Lipinski definition) is 0. The van der Waals surface area contributed by atoms with Crippen molar-refractivity contribution >= 4 is 32.5 Å². The van der Waals surface area contributed by atoms with Crippen molar-refractivity contribution in [2.75, 3.05) is 0 Å². The Morgan fingerprint density at radius 2 is 1.09 bits per heavy atom. The van der Waals surface area contributed by atoms with Crippen LogP contribution in [0, 0.1) is 0 Å². The van der Waals surface area contributed by atoms with Crippen LogP contribution in [0.4, 0.5) is 0 Å². The number of rotatable bonds is 3. The van der Waals surface area contributed by atoms with Crippen molar-refractivity contribution in [2.45, 2.75) is 70.9 Å². The number of carbonyl (C=O) groups is 3. The van der Waals surface area contributed by atoms with Gasteiger partial charge in [0.25, 0.3) is 17.9 Å². The van der Waals surface area contributed by atoms with Crippen LogP contribution in [-0.2, 0) is 28.3 Å². The molecule has 2 heterocycles. The van der Waals surface area contributed by atoms with E-state index in [1.165, 1.54) is 38.5 Å². The van der Waals surface area contributed by atoms with Crippen LogP contribution in [-0.4, -0.2) is 32.5 Å². The molecule has 0 unspecified atom stereocenters. The minimum absolute atomic E-state index is 0. The third-order valence-electron chi connectivity index (χ3n) is 3.81. The molecule has 1 radical (unpaired) electrons. The summed E-state index contributed by atoms with van der Waals surface area (Å²) in [5.74, 6) is 0.0162. The van der Waals surface area contributed by atoms with Gasteiger partial charge in [-0.1, -0.05) is 50.2 Å². The van der Waals surface area contributed by atoms with Crippen LogP contribution in [0.2, 0.25) is 11.6 Å². The van der Waals surface area contributed by atoms with E-state index in [1.807, 2.05) is 0 Å². The summed E-state index contributed by atoms with van der Waals surface area (Å²) < 4.78 is 13.3. The molecule has 23 heavy (non-hydrogen) atoms. The standard InChI is InChI=1S/C8H14B.C6H10BO6.Li/c1-3-7-5-2-6-8(4-1)9-7;1-4(8)11-7(12-5(2)9)13-6(3)10;/h7-8H,1-6H2;7H,1-3H3;/q;-1;+1. The number of fused-ring (bicyclic) bond motifs is 2. The average Bonchev–Trinajstić information content (AvgIpc) is 2.37. The van der Waals surface area contributed by atoms with E-state index in [-0.39, 0.29) is 18.9 Å². The molecule has 0 aromatic carbocycles. The van der Waals surface area contributed by atoms with Gasteiger partial charge < -0.3 is 14.0 Å². The summed E-state index contributed by atoms with van der Waals surface area (Å²) >= 11 is 0. The van der Waals surface area contributed by atoms with Gasteiger partial charge in [0, 0.05) is 20.8 Å². The van der Waals surface area contributed by atoms with Crippen molar-refractivity contribution in [1.29, 1.82) is 0 Å². The van der Waals surface area contributed by atoms with Crippen molar-refractivity contribution in [1.82, 2.24) is 0 Å². The largest absolute Gasteiger partial charge is 1.00 e. The minimum Gasteiger partial charge on any atom is -0.625 e. The molecule has 0 aromatic heterocycles. The van der Waals surface area contributed by atoms with Crippen LogP contribution in [0.25, 0.3) is 0 Å². The fourth-order valence-corrected chi connectivity index (χ4v) is 2.93. The quantitative estimate of drug-likeness (QED) is 0.624. The van der Waals surface area contributed by atoms with Crippen LogP contribution in [0.1, 0.15) is 59.3 Å². The van der Waals surface area contributed by atoms with Gasteiger partial charge in [0.05, 0.1) is 0 Å². The van der Waals surface area contributed by atoms with Gasteiger partial charge in [-0.05, 0) is 0 Å². The topological polar surface area (TPSA) is 78.9 Å². The molecule has 2 bridgehead atoms. The van der Waals surface area contributed by atoms with Crippen molar-refractivity contribution in [3.05, 3.63) is 0 Å². The first kappa shape index (κ1) is 22.1.